The maximum Gasteiger partial charge on any atom is 0.247 e. The first-order valence-corrected chi connectivity index (χ1v) is 2.66. The Labute approximate surface area is 53.0 Å². The lowest BCUT2D eigenvalue weighted by atomic mass is 10.2. The average molecular weight is 125 g/mol. The predicted molar refractivity (Wildman–Crippen MR) is 33.6 cm³/mol. The maximum atomic E-state index is 9.85. The average Bonchev–Trinajstić information content (AvgIpc) is 1.88. The largest absolute Gasteiger partial charge is 0.469 e. The van der Waals surface area contributed by atoms with Crippen molar-refractivity contribution >= 4 is 0 Å². The minimum atomic E-state index is -0.616. The van der Waals surface area contributed by atoms with Crippen LogP contribution in [0, 0.1) is 4.91 Å². The van der Waals surface area contributed by atoms with Crippen LogP contribution in [0.25, 0.3) is 0 Å². The van der Waals surface area contributed by atoms with Crippen molar-refractivity contribution in [2.75, 3.05) is 0 Å². The highest BCUT2D eigenvalue weighted by molar-refractivity contribution is 5.18. The van der Waals surface area contributed by atoms with Crippen molar-refractivity contribution < 1.29 is 4.74 Å². The standard InChI is InChI=1S/C6H7NO2/c1-5-2-3-9-6(4-5)7-8/h2-4,6H,1H3. The van der Waals surface area contributed by atoms with Crippen LogP contribution in [0.15, 0.2) is 29.2 Å². The van der Waals surface area contributed by atoms with E-state index in [4.69, 9.17) is 4.74 Å². The fraction of sp³-hybridized carbons (Fsp3) is 0.333. The molecule has 0 radical (unpaired) electrons. The number of nitrogens with zero attached hydrogens (tertiary/aromatic N) is 1. The molecule has 0 saturated heterocycles. The van der Waals surface area contributed by atoms with Crippen LogP contribution in [-0.4, -0.2) is 6.23 Å². The molecule has 0 fully saturated rings. The van der Waals surface area contributed by atoms with E-state index in [1.54, 1.807) is 12.2 Å². The molecule has 0 bridgehead atoms. The van der Waals surface area contributed by atoms with E-state index in [-0.39, 0.29) is 0 Å². The topological polar surface area (TPSA) is 38.7 Å². The molecule has 9 heavy (non-hydrogen) atoms. The molecule has 48 valence electrons. The monoisotopic (exact) mass is 125 g/mol. The van der Waals surface area contributed by atoms with E-state index < -0.39 is 6.23 Å². The van der Waals surface area contributed by atoms with Gasteiger partial charge in [-0.05, 0) is 29.8 Å². The van der Waals surface area contributed by atoms with Gasteiger partial charge in [0.2, 0.25) is 6.23 Å². The van der Waals surface area contributed by atoms with E-state index in [0.29, 0.717) is 0 Å². The molecule has 1 aliphatic rings. The number of allylic oxidation sites excluding steroid dienone is 2. The van der Waals surface area contributed by atoms with Crippen molar-refractivity contribution in [3.05, 3.63) is 28.9 Å². The van der Waals surface area contributed by atoms with Gasteiger partial charge in [0.05, 0.1) is 6.26 Å². The van der Waals surface area contributed by atoms with Crippen LogP contribution in [0.4, 0.5) is 0 Å². The highest BCUT2D eigenvalue weighted by Crippen LogP contribution is 2.08. The zero-order valence-corrected chi connectivity index (χ0v) is 5.07. The van der Waals surface area contributed by atoms with Crippen molar-refractivity contribution in [1.82, 2.24) is 0 Å². The van der Waals surface area contributed by atoms with Gasteiger partial charge in [-0.2, -0.15) is 0 Å². The van der Waals surface area contributed by atoms with Crippen LogP contribution in [0.1, 0.15) is 6.92 Å². The van der Waals surface area contributed by atoms with E-state index in [1.807, 2.05) is 6.92 Å². The quantitative estimate of drug-likeness (QED) is 0.499. The van der Waals surface area contributed by atoms with Crippen molar-refractivity contribution in [2.45, 2.75) is 13.2 Å². The van der Waals surface area contributed by atoms with Gasteiger partial charge in [0, 0.05) is 0 Å². The Morgan fingerprint density at radius 1 is 1.78 bits per heavy atom. The zero-order valence-electron chi connectivity index (χ0n) is 5.07. The van der Waals surface area contributed by atoms with Gasteiger partial charge >= 0.3 is 0 Å². The Balaban J connectivity index is 2.65. The summed E-state index contributed by atoms with van der Waals surface area (Å²) in [5.74, 6) is 0. The normalized spacial score (nSPS) is 24.6. The van der Waals surface area contributed by atoms with E-state index in [2.05, 4.69) is 5.18 Å². The summed E-state index contributed by atoms with van der Waals surface area (Å²) >= 11 is 0. The lowest BCUT2D eigenvalue weighted by Gasteiger charge is -2.07. The van der Waals surface area contributed by atoms with Crippen LogP contribution >= 0.6 is 0 Å². The third kappa shape index (κ3) is 1.38. The summed E-state index contributed by atoms with van der Waals surface area (Å²) in [6.07, 6.45) is 4.30. The molecule has 0 aromatic rings. The van der Waals surface area contributed by atoms with Crippen LogP contribution in [-0.2, 0) is 4.74 Å². The van der Waals surface area contributed by atoms with Crippen molar-refractivity contribution in [2.24, 2.45) is 5.18 Å². The first kappa shape index (κ1) is 6.01. The predicted octanol–water partition coefficient (Wildman–Crippen LogP) is 1.57. The molecule has 0 aliphatic carbocycles. The molecule has 1 unspecified atom stereocenters. The van der Waals surface area contributed by atoms with Crippen molar-refractivity contribution in [3.8, 4) is 0 Å². The van der Waals surface area contributed by atoms with Crippen LogP contribution in [0.3, 0.4) is 0 Å². The molecule has 0 amide bonds. The molecule has 1 aliphatic heterocycles. The summed E-state index contributed by atoms with van der Waals surface area (Å²) in [5.41, 5.74) is 1.01. The third-order valence-electron chi connectivity index (χ3n) is 1.06. The second-order valence-corrected chi connectivity index (χ2v) is 1.85. The third-order valence-corrected chi connectivity index (χ3v) is 1.06. The molecule has 0 aromatic heterocycles. The summed E-state index contributed by atoms with van der Waals surface area (Å²) in [6, 6.07) is 0. The number of hydrogen-bond acceptors (Lipinski definition) is 3. The number of rotatable bonds is 1. The van der Waals surface area contributed by atoms with Gasteiger partial charge in [0.15, 0.2) is 0 Å². The van der Waals surface area contributed by atoms with E-state index >= 15 is 0 Å². The van der Waals surface area contributed by atoms with Gasteiger partial charge in [0.25, 0.3) is 0 Å². The Kier molecular flexibility index (Phi) is 1.63. The van der Waals surface area contributed by atoms with Crippen LogP contribution in [0.5, 0.6) is 0 Å². The second-order valence-electron chi connectivity index (χ2n) is 1.85. The molecule has 0 N–H and O–H groups in total. The summed E-state index contributed by atoms with van der Waals surface area (Å²) in [5, 5.41) is 2.70. The molecule has 1 heterocycles. The van der Waals surface area contributed by atoms with Gasteiger partial charge in [-0.1, -0.05) is 0 Å². The minimum Gasteiger partial charge on any atom is -0.469 e. The Bertz CT molecular complexity index is 172. The second kappa shape index (κ2) is 2.44. The van der Waals surface area contributed by atoms with E-state index in [0.717, 1.165) is 5.57 Å². The van der Waals surface area contributed by atoms with Gasteiger partial charge in [-0.25, -0.2) is 0 Å². The molecule has 0 aromatic carbocycles. The highest BCUT2D eigenvalue weighted by atomic mass is 16.5. The van der Waals surface area contributed by atoms with Crippen molar-refractivity contribution in [3.63, 3.8) is 0 Å². The molecule has 3 heteroatoms. The summed E-state index contributed by atoms with van der Waals surface area (Å²) in [7, 11) is 0. The molecule has 1 atom stereocenters. The summed E-state index contributed by atoms with van der Waals surface area (Å²) in [4.78, 5) is 9.85. The SMILES string of the molecule is CC1=CC(N=O)OC=C1. The Morgan fingerprint density at radius 3 is 3.00 bits per heavy atom. The molecule has 3 nitrogen and oxygen atoms in total. The summed E-state index contributed by atoms with van der Waals surface area (Å²) in [6.45, 7) is 1.89. The molecular formula is C6H7NO2. The minimum absolute atomic E-state index is 0.616. The first-order chi connectivity index (χ1) is 4.33. The summed E-state index contributed by atoms with van der Waals surface area (Å²) < 4.78 is 4.76. The number of hydrogen-bond donors (Lipinski definition) is 0. The lowest BCUT2D eigenvalue weighted by Crippen LogP contribution is -2.04. The fourth-order valence-electron chi connectivity index (χ4n) is 0.602. The highest BCUT2D eigenvalue weighted by Gasteiger charge is 2.05. The van der Waals surface area contributed by atoms with E-state index in [1.165, 1.54) is 6.26 Å². The molecule has 1 rings (SSSR count). The van der Waals surface area contributed by atoms with Crippen molar-refractivity contribution in [1.29, 1.82) is 0 Å². The number of nitroso groups, excluding NO2 is 1. The van der Waals surface area contributed by atoms with Crippen LogP contribution in [0.2, 0.25) is 0 Å². The van der Waals surface area contributed by atoms with Gasteiger partial charge in [0.1, 0.15) is 0 Å². The fourth-order valence-corrected chi connectivity index (χ4v) is 0.602. The molecular weight excluding hydrogens is 118 g/mol. The van der Waals surface area contributed by atoms with Gasteiger partial charge in [-0.15, -0.1) is 4.91 Å². The van der Waals surface area contributed by atoms with Crippen LogP contribution < -0.4 is 0 Å². The van der Waals surface area contributed by atoms with Gasteiger partial charge in [-0.3, -0.25) is 0 Å². The smallest absolute Gasteiger partial charge is 0.247 e. The molecule has 0 spiro atoms. The van der Waals surface area contributed by atoms with E-state index in [9.17, 15) is 4.91 Å². The lowest BCUT2D eigenvalue weighted by molar-refractivity contribution is 0.189. The zero-order chi connectivity index (χ0) is 6.69. The van der Waals surface area contributed by atoms with Gasteiger partial charge < -0.3 is 4.74 Å². The molecule has 0 saturated carbocycles. The Morgan fingerprint density at radius 2 is 2.56 bits per heavy atom. The number of ether oxygens (including phenoxy) is 1. The Hall–Kier alpha value is -1.12. The first-order valence-electron chi connectivity index (χ1n) is 2.66. The maximum absolute atomic E-state index is 9.85.